The van der Waals surface area contributed by atoms with Crippen molar-refractivity contribution >= 4 is 5.97 Å². The average molecular weight is 603 g/mol. The van der Waals surface area contributed by atoms with Crippen LogP contribution in [-0.2, 0) is 4.79 Å². The highest BCUT2D eigenvalue weighted by Crippen LogP contribution is 2.61. The minimum atomic E-state index is -8.04. The van der Waals surface area contributed by atoms with Crippen LogP contribution in [0.4, 0.5) is 57.1 Å². The Morgan fingerprint density at radius 3 is 1.13 bits per heavy atom. The van der Waals surface area contributed by atoms with Gasteiger partial charge in [0.2, 0.25) is 0 Å². The highest BCUT2D eigenvalue weighted by molar-refractivity contribution is 5.71. The molecule has 0 aromatic rings. The number of hydrogen-bond donors (Lipinski definition) is 1. The second-order valence-corrected chi connectivity index (χ2v) is 9.69. The number of hydrogen-bond acceptors (Lipinski definition) is 1. The fourth-order valence-corrected chi connectivity index (χ4v) is 4.00. The molecule has 0 fully saturated rings. The van der Waals surface area contributed by atoms with Gasteiger partial charge in [-0.2, -0.15) is 57.1 Å². The molecule has 2 nitrogen and oxygen atoms in total. The summed E-state index contributed by atoms with van der Waals surface area (Å²) in [4.78, 5) is 11.1. The Morgan fingerprint density at radius 2 is 0.821 bits per heavy atom. The standard InChI is InChI=1S/C24H35F13O2/c1-2-3-4-5-6-7-8-9-10-11-12-13-14-15-16-17(18(38)39)19(25,26)20(27,28)21(29,30)22(31,32)23(33,34)24(35,36)37/h17H,2-16H2,1H3,(H,38,39). The Balaban J connectivity index is 4.98. The molecule has 234 valence electrons. The lowest BCUT2D eigenvalue weighted by Crippen LogP contribution is -2.71. The van der Waals surface area contributed by atoms with Crippen LogP contribution in [0.3, 0.4) is 0 Å². The minimum absolute atomic E-state index is 0.0262. The molecule has 0 saturated heterocycles. The number of aliphatic carboxylic acids is 1. The first-order valence-corrected chi connectivity index (χ1v) is 12.8. The molecule has 1 N–H and O–H groups in total. The van der Waals surface area contributed by atoms with E-state index in [1.165, 1.54) is 12.8 Å². The lowest BCUT2D eigenvalue weighted by atomic mass is 9.84. The molecule has 1 unspecified atom stereocenters. The van der Waals surface area contributed by atoms with Gasteiger partial charge in [0.25, 0.3) is 0 Å². The molecule has 0 amide bonds. The molecule has 0 aromatic carbocycles. The number of halogens is 13. The molecule has 0 aliphatic rings. The average Bonchev–Trinajstić information content (AvgIpc) is 2.79. The summed E-state index contributed by atoms with van der Waals surface area (Å²) in [6.45, 7) is 2.11. The Morgan fingerprint density at radius 1 is 0.513 bits per heavy atom. The molecule has 0 bridgehead atoms. The molecule has 0 heterocycles. The van der Waals surface area contributed by atoms with Crippen LogP contribution in [0, 0.1) is 5.92 Å². The summed E-state index contributed by atoms with van der Waals surface area (Å²) in [5.74, 6) is -44.6. The van der Waals surface area contributed by atoms with Crippen LogP contribution >= 0.6 is 0 Å². The predicted octanol–water partition coefficient (Wildman–Crippen LogP) is 10.3. The third kappa shape index (κ3) is 9.02. The zero-order valence-electron chi connectivity index (χ0n) is 21.5. The number of carboxylic acids is 1. The van der Waals surface area contributed by atoms with Gasteiger partial charge >= 0.3 is 41.8 Å². The minimum Gasteiger partial charge on any atom is -0.481 e. The molecule has 0 aliphatic heterocycles. The van der Waals surface area contributed by atoms with Crippen molar-refractivity contribution in [3.8, 4) is 0 Å². The molecule has 0 saturated carbocycles. The van der Waals surface area contributed by atoms with E-state index in [1.807, 2.05) is 0 Å². The maximum absolute atomic E-state index is 14.2. The summed E-state index contributed by atoms with van der Waals surface area (Å²) in [6, 6.07) is 0. The highest BCUT2D eigenvalue weighted by Gasteiger charge is 2.91. The predicted molar refractivity (Wildman–Crippen MR) is 117 cm³/mol. The van der Waals surface area contributed by atoms with Gasteiger partial charge in [-0.25, -0.2) is 0 Å². The Hall–Kier alpha value is -1.44. The number of rotatable bonds is 21. The molecule has 15 heteroatoms. The van der Waals surface area contributed by atoms with E-state index in [4.69, 9.17) is 5.11 Å². The highest BCUT2D eigenvalue weighted by atomic mass is 19.4. The van der Waals surface area contributed by atoms with Crippen molar-refractivity contribution in [1.29, 1.82) is 0 Å². The van der Waals surface area contributed by atoms with E-state index in [-0.39, 0.29) is 6.42 Å². The van der Waals surface area contributed by atoms with Crippen molar-refractivity contribution in [2.45, 2.75) is 139 Å². The molecule has 0 rings (SSSR count). The number of carboxylic acid groups (broad SMARTS) is 1. The van der Waals surface area contributed by atoms with Gasteiger partial charge < -0.3 is 5.11 Å². The lowest BCUT2D eigenvalue weighted by Gasteiger charge is -2.41. The lowest BCUT2D eigenvalue weighted by molar-refractivity contribution is -0.442. The van der Waals surface area contributed by atoms with Crippen molar-refractivity contribution in [2.24, 2.45) is 5.92 Å². The zero-order chi connectivity index (χ0) is 30.8. The van der Waals surface area contributed by atoms with Crippen molar-refractivity contribution in [3.05, 3.63) is 0 Å². The first-order chi connectivity index (χ1) is 17.6. The Labute approximate surface area is 218 Å². The van der Waals surface area contributed by atoms with Crippen LogP contribution in [0.2, 0.25) is 0 Å². The third-order valence-corrected chi connectivity index (χ3v) is 6.54. The molecular weight excluding hydrogens is 567 g/mol. The largest absolute Gasteiger partial charge is 0.481 e. The van der Waals surface area contributed by atoms with Crippen LogP contribution < -0.4 is 0 Å². The summed E-state index contributed by atoms with van der Waals surface area (Å²) in [5, 5.41) is 8.86. The second-order valence-electron chi connectivity index (χ2n) is 9.69. The molecule has 0 spiro atoms. The fourth-order valence-electron chi connectivity index (χ4n) is 4.00. The van der Waals surface area contributed by atoms with E-state index in [1.54, 1.807) is 0 Å². The first-order valence-electron chi connectivity index (χ1n) is 12.8. The first kappa shape index (κ1) is 37.6. The fraction of sp³-hybridized carbons (Fsp3) is 0.958. The molecule has 39 heavy (non-hydrogen) atoms. The van der Waals surface area contributed by atoms with Gasteiger partial charge in [0.1, 0.15) is 5.92 Å². The monoisotopic (exact) mass is 602 g/mol. The van der Waals surface area contributed by atoms with Gasteiger partial charge in [0.05, 0.1) is 0 Å². The van der Waals surface area contributed by atoms with E-state index in [9.17, 15) is 61.9 Å². The van der Waals surface area contributed by atoms with E-state index in [0.717, 1.165) is 51.4 Å². The molecule has 0 aromatic heterocycles. The van der Waals surface area contributed by atoms with Gasteiger partial charge in [0.15, 0.2) is 0 Å². The van der Waals surface area contributed by atoms with E-state index >= 15 is 0 Å². The van der Waals surface area contributed by atoms with Crippen molar-refractivity contribution in [3.63, 3.8) is 0 Å². The molecule has 1 atom stereocenters. The van der Waals surface area contributed by atoms with Crippen molar-refractivity contribution in [2.75, 3.05) is 0 Å². The maximum Gasteiger partial charge on any atom is 0.460 e. The van der Waals surface area contributed by atoms with Gasteiger partial charge in [-0.3, -0.25) is 4.79 Å². The van der Waals surface area contributed by atoms with Gasteiger partial charge in [0, 0.05) is 0 Å². The normalized spacial score (nSPS) is 15.0. The van der Waals surface area contributed by atoms with Crippen LogP contribution in [0.25, 0.3) is 0 Å². The van der Waals surface area contributed by atoms with E-state index < -0.39 is 60.5 Å². The zero-order valence-corrected chi connectivity index (χ0v) is 21.5. The van der Waals surface area contributed by atoms with Gasteiger partial charge in [-0.1, -0.05) is 96.8 Å². The van der Waals surface area contributed by atoms with Crippen LogP contribution in [0.1, 0.15) is 103 Å². The quantitative estimate of drug-likeness (QED) is 0.105. The van der Waals surface area contributed by atoms with Crippen molar-refractivity contribution < 1.29 is 67.0 Å². The third-order valence-electron chi connectivity index (χ3n) is 6.54. The smallest absolute Gasteiger partial charge is 0.460 e. The maximum atomic E-state index is 14.2. The van der Waals surface area contributed by atoms with Crippen LogP contribution in [0.15, 0.2) is 0 Å². The van der Waals surface area contributed by atoms with E-state index in [2.05, 4.69) is 6.92 Å². The molecule has 0 aliphatic carbocycles. The van der Waals surface area contributed by atoms with Crippen molar-refractivity contribution in [1.82, 2.24) is 0 Å². The van der Waals surface area contributed by atoms with E-state index in [0.29, 0.717) is 12.8 Å². The Bertz CT molecular complexity index is 721. The molecule has 0 radical (unpaired) electrons. The topological polar surface area (TPSA) is 37.3 Å². The Kier molecular flexibility index (Phi) is 14.4. The summed E-state index contributed by atoms with van der Waals surface area (Å²) in [7, 11) is 0. The number of carbonyl (C=O) groups is 1. The SMILES string of the molecule is CCCCCCCCCCCCCCCCC(C(=O)O)C(F)(F)C(F)(F)C(F)(F)C(F)(F)C(F)(F)C(F)(F)F. The number of alkyl halides is 13. The van der Waals surface area contributed by atoms with Crippen LogP contribution in [-0.4, -0.2) is 46.9 Å². The second kappa shape index (κ2) is 15.0. The molecular formula is C24H35F13O2. The van der Waals surface area contributed by atoms with Crippen LogP contribution in [0.5, 0.6) is 0 Å². The van der Waals surface area contributed by atoms with Gasteiger partial charge in [-0.15, -0.1) is 0 Å². The van der Waals surface area contributed by atoms with Gasteiger partial charge in [-0.05, 0) is 6.42 Å². The summed E-state index contributed by atoms with van der Waals surface area (Å²) in [5.41, 5.74) is 0. The summed E-state index contributed by atoms with van der Waals surface area (Å²) >= 11 is 0. The number of unbranched alkanes of at least 4 members (excludes halogenated alkanes) is 13. The summed E-state index contributed by atoms with van der Waals surface area (Å²) in [6.07, 6.45) is 1.78. The summed E-state index contributed by atoms with van der Waals surface area (Å²) < 4.78 is 173.